The molecule has 86 valence electrons. The number of pyridine rings is 1. The van der Waals surface area contributed by atoms with E-state index < -0.39 is 11.6 Å². The number of hydrogen-bond donors (Lipinski definition) is 0. The Labute approximate surface area is 98.7 Å². The first-order valence-electron chi connectivity index (χ1n) is 4.96. The molecule has 0 atom stereocenters. The molecule has 0 saturated heterocycles. The van der Waals surface area contributed by atoms with Gasteiger partial charge in [-0.1, -0.05) is 0 Å². The Morgan fingerprint density at radius 1 is 1.18 bits per heavy atom. The fraction of sp³-hybridized carbons (Fsp3) is 0.0833. The Morgan fingerprint density at radius 3 is 2.65 bits per heavy atom. The number of benzene rings is 1. The number of aromatic nitrogens is 1. The Kier molecular flexibility index (Phi) is 2.06. The molecule has 1 aromatic carbocycles. The topological polar surface area (TPSA) is 21.5 Å². The minimum atomic E-state index is -0.998. The maximum absolute atomic E-state index is 13.3. The smallest absolute Gasteiger partial charge is 0.190 e. The lowest BCUT2D eigenvalue weighted by Gasteiger charge is -2.04. The van der Waals surface area contributed by atoms with E-state index in [1.54, 1.807) is 4.40 Å². The van der Waals surface area contributed by atoms with Crippen molar-refractivity contribution >= 4 is 27.1 Å². The zero-order chi connectivity index (χ0) is 12.2. The molecule has 0 amide bonds. The second-order valence-electron chi connectivity index (χ2n) is 3.84. The maximum atomic E-state index is 13.3. The third-order valence-corrected chi connectivity index (χ3v) is 3.72. The van der Waals surface area contributed by atoms with Crippen LogP contribution in [0.2, 0.25) is 0 Å². The predicted octanol–water partition coefficient (Wildman–Crippen LogP) is 3.10. The van der Waals surface area contributed by atoms with Crippen LogP contribution in [-0.4, -0.2) is 4.40 Å². The van der Waals surface area contributed by atoms with Crippen LogP contribution in [0.1, 0.15) is 5.69 Å². The van der Waals surface area contributed by atoms with Crippen LogP contribution >= 0.6 is 11.3 Å². The number of hydrogen-bond acceptors (Lipinski definition) is 2. The van der Waals surface area contributed by atoms with E-state index in [1.807, 2.05) is 12.3 Å². The molecule has 2 nitrogen and oxygen atoms in total. The third kappa shape index (κ3) is 1.39. The van der Waals surface area contributed by atoms with E-state index in [1.165, 1.54) is 17.4 Å². The van der Waals surface area contributed by atoms with Gasteiger partial charge in [0.25, 0.3) is 0 Å². The van der Waals surface area contributed by atoms with E-state index in [-0.39, 0.29) is 10.8 Å². The van der Waals surface area contributed by atoms with Crippen molar-refractivity contribution < 1.29 is 8.78 Å². The summed E-state index contributed by atoms with van der Waals surface area (Å²) in [6, 6.07) is 3.46. The van der Waals surface area contributed by atoms with Gasteiger partial charge in [0, 0.05) is 28.6 Å². The van der Waals surface area contributed by atoms with Crippen LogP contribution in [-0.2, 0) is 0 Å². The number of nitrogens with zero attached hydrogens (tertiary/aromatic N) is 1. The van der Waals surface area contributed by atoms with E-state index in [4.69, 9.17) is 0 Å². The summed E-state index contributed by atoms with van der Waals surface area (Å²) in [4.78, 5) is 12.5. The van der Waals surface area contributed by atoms with Gasteiger partial charge in [-0.05, 0) is 13.0 Å². The fourth-order valence-electron chi connectivity index (χ4n) is 1.94. The first-order chi connectivity index (χ1) is 8.08. The van der Waals surface area contributed by atoms with Crippen molar-refractivity contribution in [3.8, 4) is 0 Å². The Hall–Kier alpha value is -1.75. The van der Waals surface area contributed by atoms with Gasteiger partial charge in [-0.3, -0.25) is 4.79 Å². The molecule has 5 heteroatoms. The van der Waals surface area contributed by atoms with Gasteiger partial charge in [0.1, 0.15) is 4.83 Å². The van der Waals surface area contributed by atoms with Crippen LogP contribution in [0.15, 0.2) is 28.4 Å². The molecule has 2 heterocycles. The summed E-state index contributed by atoms with van der Waals surface area (Å²) in [5.74, 6) is -1.94. The lowest BCUT2D eigenvalue weighted by atomic mass is 10.2. The van der Waals surface area contributed by atoms with Crippen LogP contribution in [0.5, 0.6) is 0 Å². The van der Waals surface area contributed by atoms with E-state index in [0.717, 1.165) is 22.7 Å². The quantitative estimate of drug-likeness (QED) is 0.601. The van der Waals surface area contributed by atoms with E-state index >= 15 is 0 Å². The average Bonchev–Trinajstić information content (AvgIpc) is 2.63. The van der Waals surface area contributed by atoms with Gasteiger partial charge in [0.15, 0.2) is 17.1 Å². The first-order valence-corrected chi connectivity index (χ1v) is 5.84. The van der Waals surface area contributed by atoms with Gasteiger partial charge in [-0.25, -0.2) is 8.78 Å². The molecule has 3 rings (SSSR count). The third-order valence-electron chi connectivity index (χ3n) is 2.72. The van der Waals surface area contributed by atoms with Gasteiger partial charge in [-0.15, -0.1) is 11.3 Å². The molecule has 2 aromatic heterocycles. The molecule has 0 radical (unpaired) electrons. The van der Waals surface area contributed by atoms with Crippen LogP contribution in [0.3, 0.4) is 0 Å². The van der Waals surface area contributed by atoms with Gasteiger partial charge in [0.05, 0.1) is 5.52 Å². The molecule has 0 unspecified atom stereocenters. The van der Waals surface area contributed by atoms with Gasteiger partial charge in [-0.2, -0.15) is 0 Å². The fourth-order valence-corrected chi connectivity index (χ4v) is 2.86. The van der Waals surface area contributed by atoms with Crippen molar-refractivity contribution in [2.75, 3.05) is 0 Å². The first kappa shape index (κ1) is 10.4. The maximum Gasteiger partial charge on any atom is 0.190 e. The van der Waals surface area contributed by atoms with E-state index in [2.05, 4.69) is 0 Å². The summed E-state index contributed by atoms with van der Waals surface area (Å²) in [6.45, 7) is 1.86. The highest BCUT2D eigenvalue weighted by Gasteiger charge is 2.11. The van der Waals surface area contributed by atoms with Crippen molar-refractivity contribution in [1.29, 1.82) is 0 Å². The average molecular weight is 251 g/mol. The summed E-state index contributed by atoms with van der Waals surface area (Å²) in [7, 11) is 0. The zero-order valence-corrected chi connectivity index (χ0v) is 9.65. The van der Waals surface area contributed by atoms with Crippen molar-refractivity contribution in [2.24, 2.45) is 0 Å². The number of rotatable bonds is 0. The molecule has 17 heavy (non-hydrogen) atoms. The van der Waals surface area contributed by atoms with E-state index in [9.17, 15) is 13.6 Å². The summed E-state index contributed by atoms with van der Waals surface area (Å²) in [6.07, 6.45) is 0. The van der Waals surface area contributed by atoms with Gasteiger partial charge >= 0.3 is 0 Å². The summed E-state index contributed by atoms with van der Waals surface area (Å²) < 4.78 is 28.1. The molecule has 0 saturated carbocycles. The normalized spacial score (nSPS) is 11.5. The molecule has 0 aliphatic rings. The highest BCUT2D eigenvalue weighted by Crippen LogP contribution is 2.22. The summed E-state index contributed by atoms with van der Waals surface area (Å²) in [5.41, 5.74) is 1.01. The number of fused-ring (bicyclic) bond motifs is 3. The van der Waals surface area contributed by atoms with E-state index in [0.29, 0.717) is 5.52 Å². The molecule has 0 spiro atoms. The summed E-state index contributed by atoms with van der Waals surface area (Å²) in [5, 5.41) is 2.07. The number of aryl methyl sites for hydroxylation is 1. The summed E-state index contributed by atoms with van der Waals surface area (Å²) >= 11 is 1.40. The Balaban J connectivity index is 2.68. The molecular weight excluding hydrogens is 244 g/mol. The highest BCUT2D eigenvalue weighted by atomic mass is 32.1. The van der Waals surface area contributed by atoms with Gasteiger partial charge in [0.2, 0.25) is 0 Å². The molecule has 3 aromatic rings. The van der Waals surface area contributed by atoms with Crippen LogP contribution in [0, 0.1) is 18.6 Å². The molecule has 0 bridgehead atoms. The Bertz CT molecular complexity index is 803. The minimum absolute atomic E-state index is 0.197. The molecule has 0 aliphatic heterocycles. The van der Waals surface area contributed by atoms with Crippen molar-refractivity contribution in [3.05, 3.63) is 51.1 Å². The Morgan fingerprint density at radius 2 is 1.88 bits per heavy atom. The second kappa shape index (κ2) is 3.37. The van der Waals surface area contributed by atoms with Crippen molar-refractivity contribution in [1.82, 2.24) is 4.40 Å². The van der Waals surface area contributed by atoms with Crippen molar-refractivity contribution in [2.45, 2.75) is 6.92 Å². The minimum Gasteiger partial charge on any atom is -0.304 e. The molecule has 0 fully saturated rings. The highest BCUT2D eigenvalue weighted by molar-refractivity contribution is 7.15. The zero-order valence-electron chi connectivity index (χ0n) is 8.83. The molecule has 0 N–H and O–H groups in total. The predicted molar refractivity (Wildman–Crippen MR) is 63.7 cm³/mol. The van der Waals surface area contributed by atoms with Crippen LogP contribution < -0.4 is 5.43 Å². The monoisotopic (exact) mass is 251 g/mol. The van der Waals surface area contributed by atoms with Crippen molar-refractivity contribution in [3.63, 3.8) is 0 Å². The van der Waals surface area contributed by atoms with Crippen LogP contribution in [0.4, 0.5) is 8.78 Å². The number of halogens is 2. The second-order valence-corrected chi connectivity index (χ2v) is 4.73. The lowest BCUT2D eigenvalue weighted by molar-refractivity contribution is 0.510. The number of thiazole rings is 1. The molecule has 0 aliphatic carbocycles. The van der Waals surface area contributed by atoms with Crippen LogP contribution in [0.25, 0.3) is 15.7 Å². The molecular formula is C12H7F2NOS. The largest absolute Gasteiger partial charge is 0.304 e. The SMILES string of the molecule is Cc1csc2cc(=O)c3cc(F)c(F)cc3n12. The standard InChI is InChI=1S/C12H7F2NOS/c1-6-5-17-12-4-11(16)7-2-8(13)9(14)3-10(7)15(6)12/h2-5H,1H3. The lowest BCUT2D eigenvalue weighted by Crippen LogP contribution is -2.05. The van der Waals surface area contributed by atoms with Gasteiger partial charge < -0.3 is 4.40 Å².